The van der Waals surface area contributed by atoms with E-state index in [9.17, 15) is 4.79 Å². The zero-order chi connectivity index (χ0) is 11.1. The summed E-state index contributed by atoms with van der Waals surface area (Å²) in [7, 11) is 0. The molecule has 0 fully saturated rings. The van der Waals surface area contributed by atoms with Crippen molar-refractivity contribution in [1.29, 1.82) is 0 Å². The second kappa shape index (κ2) is 6.03. The molecule has 0 amide bonds. The van der Waals surface area contributed by atoms with E-state index in [0.29, 0.717) is 13.2 Å². The summed E-state index contributed by atoms with van der Waals surface area (Å²) in [6.07, 6.45) is 0. The van der Waals surface area contributed by atoms with Gasteiger partial charge in [-0.15, -0.1) is 0 Å². The zero-order valence-corrected chi connectivity index (χ0v) is 8.69. The Morgan fingerprint density at radius 1 is 1.47 bits per heavy atom. The minimum absolute atomic E-state index is 0.0306. The van der Waals surface area contributed by atoms with Gasteiger partial charge in [0.1, 0.15) is 12.4 Å². The number of hydrogen-bond donors (Lipinski definition) is 2. The van der Waals surface area contributed by atoms with E-state index >= 15 is 0 Å². The Bertz CT molecular complexity index is 325. The van der Waals surface area contributed by atoms with Gasteiger partial charge in [-0.25, -0.2) is 0 Å². The van der Waals surface area contributed by atoms with Crippen molar-refractivity contribution in [2.24, 2.45) is 0 Å². The smallest absolute Gasteiger partial charge is 0.317 e. The fraction of sp³-hybridized carbons (Fsp3) is 0.364. The molecule has 0 bridgehead atoms. The van der Waals surface area contributed by atoms with Crippen LogP contribution in [0.3, 0.4) is 0 Å². The van der Waals surface area contributed by atoms with Gasteiger partial charge >= 0.3 is 5.97 Å². The predicted octanol–water partition coefficient (Wildman–Crippen LogP) is 1.05. The average molecular weight is 209 g/mol. The van der Waals surface area contributed by atoms with Crippen LogP contribution in [-0.2, 0) is 4.79 Å². The molecule has 0 aliphatic rings. The first-order chi connectivity index (χ1) is 7.20. The van der Waals surface area contributed by atoms with Crippen molar-refractivity contribution in [1.82, 2.24) is 5.32 Å². The number of aryl methyl sites for hydroxylation is 1. The molecule has 0 saturated carbocycles. The quantitative estimate of drug-likeness (QED) is 0.687. The molecular weight excluding hydrogens is 194 g/mol. The SMILES string of the molecule is Cc1ccccc1OCCNCC(=O)O. The third-order valence-electron chi connectivity index (χ3n) is 1.91. The Morgan fingerprint density at radius 3 is 2.87 bits per heavy atom. The molecule has 0 aliphatic carbocycles. The number of carbonyl (C=O) groups is 1. The largest absolute Gasteiger partial charge is 0.492 e. The number of benzene rings is 1. The van der Waals surface area contributed by atoms with Gasteiger partial charge in [0.15, 0.2) is 0 Å². The van der Waals surface area contributed by atoms with Crippen molar-refractivity contribution in [3.8, 4) is 5.75 Å². The van der Waals surface area contributed by atoms with Crippen LogP contribution in [0.15, 0.2) is 24.3 Å². The van der Waals surface area contributed by atoms with Gasteiger partial charge in [-0.3, -0.25) is 4.79 Å². The molecule has 1 aromatic rings. The molecule has 0 heterocycles. The minimum Gasteiger partial charge on any atom is -0.492 e. The lowest BCUT2D eigenvalue weighted by molar-refractivity contribution is -0.135. The summed E-state index contributed by atoms with van der Waals surface area (Å²) >= 11 is 0. The van der Waals surface area contributed by atoms with Gasteiger partial charge in [0.2, 0.25) is 0 Å². The van der Waals surface area contributed by atoms with Crippen molar-refractivity contribution in [2.75, 3.05) is 19.7 Å². The molecule has 0 saturated heterocycles. The molecule has 1 aromatic carbocycles. The molecule has 0 radical (unpaired) electrons. The monoisotopic (exact) mass is 209 g/mol. The summed E-state index contributed by atoms with van der Waals surface area (Å²) < 4.78 is 5.46. The van der Waals surface area contributed by atoms with Crippen LogP contribution in [0.1, 0.15) is 5.56 Å². The third-order valence-corrected chi connectivity index (χ3v) is 1.91. The van der Waals surface area contributed by atoms with Crippen LogP contribution in [0.25, 0.3) is 0 Å². The maximum absolute atomic E-state index is 10.2. The summed E-state index contributed by atoms with van der Waals surface area (Å²) in [5.41, 5.74) is 1.08. The lowest BCUT2D eigenvalue weighted by Crippen LogP contribution is -2.27. The highest BCUT2D eigenvalue weighted by Gasteiger charge is 1.98. The summed E-state index contributed by atoms with van der Waals surface area (Å²) in [6, 6.07) is 7.73. The highest BCUT2D eigenvalue weighted by atomic mass is 16.5. The molecule has 4 heteroatoms. The van der Waals surface area contributed by atoms with Gasteiger partial charge in [-0.1, -0.05) is 18.2 Å². The van der Waals surface area contributed by atoms with Crippen molar-refractivity contribution in [3.63, 3.8) is 0 Å². The van der Waals surface area contributed by atoms with Gasteiger partial charge < -0.3 is 15.2 Å². The molecule has 15 heavy (non-hydrogen) atoms. The average Bonchev–Trinajstić information content (AvgIpc) is 2.20. The van der Waals surface area contributed by atoms with Crippen LogP contribution in [0, 0.1) is 6.92 Å². The molecule has 0 spiro atoms. The minimum atomic E-state index is -0.856. The molecular formula is C11H15NO3. The number of carboxylic acids is 1. The van der Waals surface area contributed by atoms with Crippen molar-refractivity contribution in [3.05, 3.63) is 29.8 Å². The van der Waals surface area contributed by atoms with Crippen LogP contribution in [-0.4, -0.2) is 30.8 Å². The first kappa shape index (κ1) is 11.5. The van der Waals surface area contributed by atoms with E-state index in [-0.39, 0.29) is 6.54 Å². The number of hydrogen-bond acceptors (Lipinski definition) is 3. The number of ether oxygens (including phenoxy) is 1. The highest BCUT2D eigenvalue weighted by molar-refractivity contribution is 5.68. The van der Waals surface area contributed by atoms with E-state index in [1.807, 2.05) is 31.2 Å². The molecule has 82 valence electrons. The Morgan fingerprint density at radius 2 is 2.20 bits per heavy atom. The fourth-order valence-electron chi connectivity index (χ4n) is 1.15. The van der Waals surface area contributed by atoms with Gasteiger partial charge in [-0.05, 0) is 18.6 Å². The number of nitrogens with one attached hydrogen (secondary N) is 1. The van der Waals surface area contributed by atoms with Crippen molar-refractivity contribution in [2.45, 2.75) is 6.92 Å². The van der Waals surface area contributed by atoms with E-state index in [1.54, 1.807) is 0 Å². The number of aliphatic carboxylic acids is 1. The first-order valence-corrected chi connectivity index (χ1v) is 4.81. The Labute approximate surface area is 88.9 Å². The third kappa shape index (κ3) is 4.46. The Hall–Kier alpha value is -1.55. The first-order valence-electron chi connectivity index (χ1n) is 4.81. The fourth-order valence-corrected chi connectivity index (χ4v) is 1.15. The summed E-state index contributed by atoms with van der Waals surface area (Å²) in [5.74, 6) is -0.0134. The van der Waals surface area contributed by atoms with E-state index in [2.05, 4.69) is 5.32 Å². The van der Waals surface area contributed by atoms with Crippen LogP contribution in [0.5, 0.6) is 5.75 Å². The number of carboxylic acid groups (broad SMARTS) is 1. The van der Waals surface area contributed by atoms with Crippen LogP contribution in [0.2, 0.25) is 0 Å². The summed E-state index contributed by atoms with van der Waals surface area (Å²) in [4.78, 5) is 10.2. The molecule has 2 N–H and O–H groups in total. The van der Waals surface area contributed by atoms with Crippen LogP contribution in [0.4, 0.5) is 0 Å². The number of para-hydroxylation sites is 1. The molecule has 0 atom stereocenters. The molecule has 4 nitrogen and oxygen atoms in total. The van der Waals surface area contributed by atoms with Crippen molar-refractivity contribution < 1.29 is 14.6 Å². The van der Waals surface area contributed by atoms with E-state index in [0.717, 1.165) is 11.3 Å². The second-order valence-corrected chi connectivity index (χ2v) is 3.18. The van der Waals surface area contributed by atoms with Crippen LogP contribution < -0.4 is 10.1 Å². The van der Waals surface area contributed by atoms with Crippen LogP contribution >= 0.6 is 0 Å². The summed E-state index contributed by atoms with van der Waals surface area (Å²) in [6.45, 7) is 2.94. The Balaban J connectivity index is 2.21. The lowest BCUT2D eigenvalue weighted by atomic mass is 10.2. The predicted molar refractivity (Wildman–Crippen MR) is 57.2 cm³/mol. The van der Waals surface area contributed by atoms with E-state index in [4.69, 9.17) is 9.84 Å². The van der Waals surface area contributed by atoms with Gasteiger partial charge in [0.05, 0.1) is 6.54 Å². The standard InChI is InChI=1S/C11H15NO3/c1-9-4-2-3-5-10(9)15-7-6-12-8-11(13)14/h2-5,12H,6-8H2,1H3,(H,13,14). The Kier molecular flexibility index (Phi) is 4.63. The maximum atomic E-state index is 10.2. The lowest BCUT2D eigenvalue weighted by Gasteiger charge is -2.08. The highest BCUT2D eigenvalue weighted by Crippen LogP contribution is 2.15. The van der Waals surface area contributed by atoms with Gasteiger partial charge in [0, 0.05) is 6.54 Å². The number of rotatable bonds is 6. The normalized spacial score (nSPS) is 9.93. The van der Waals surface area contributed by atoms with E-state index < -0.39 is 5.97 Å². The molecule has 0 aromatic heterocycles. The van der Waals surface area contributed by atoms with E-state index in [1.165, 1.54) is 0 Å². The molecule has 0 unspecified atom stereocenters. The van der Waals surface area contributed by atoms with Gasteiger partial charge in [-0.2, -0.15) is 0 Å². The molecule has 1 rings (SSSR count). The zero-order valence-electron chi connectivity index (χ0n) is 8.69. The summed E-state index contributed by atoms with van der Waals surface area (Å²) in [5, 5.41) is 11.1. The van der Waals surface area contributed by atoms with Gasteiger partial charge in [0.25, 0.3) is 0 Å². The topological polar surface area (TPSA) is 58.6 Å². The molecule has 0 aliphatic heterocycles. The van der Waals surface area contributed by atoms with Crippen molar-refractivity contribution >= 4 is 5.97 Å². The maximum Gasteiger partial charge on any atom is 0.317 e. The second-order valence-electron chi connectivity index (χ2n) is 3.18.